The van der Waals surface area contributed by atoms with Crippen LogP contribution in [-0.2, 0) is 12.0 Å². The molecule has 0 amide bonds. The highest BCUT2D eigenvalue weighted by atomic mass is 16.5. The highest BCUT2D eigenvalue weighted by Crippen LogP contribution is 2.49. The summed E-state index contributed by atoms with van der Waals surface area (Å²) in [5.41, 5.74) is 1.27. The number of hydrogen-bond donors (Lipinski definition) is 1. The maximum Gasteiger partial charge on any atom is 0.201 e. The Morgan fingerprint density at radius 2 is 1.85 bits per heavy atom. The third-order valence-electron chi connectivity index (χ3n) is 4.51. The quantitative estimate of drug-likeness (QED) is 0.841. The number of Topliss-reactive ketones (excluding diaryl/α,β-unsaturated/α-hetero) is 1. The highest BCUT2D eigenvalue weighted by molar-refractivity contribution is 6.02. The molecule has 2 aromatic rings. The number of ketones is 1. The van der Waals surface area contributed by atoms with Crippen LogP contribution < -0.4 is 9.47 Å². The lowest BCUT2D eigenvalue weighted by Crippen LogP contribution is -2.36. The number of carbonyl (C=O) groups excluding carboxylic acids is 1. The Morgan fingerprint density at radius 1 is 1.19 bits per heavy atom. The van der Waals surface area contributed by atoms with E-state index >= 15 is 0 Å². The van der Waals surface area contributed by atoms with Crippen LogP contribution in [0, 0.1) is 0 Å². The summed E-state index contributed by atoms with van der Waals surface area (Å²) in [6.45, 7) is 10.1. The molecule has 0 unspecified atom stereocenters. The van der Waals surface area contributed by atoms with Crippen molar-refractivity contribution in [1.29, 1.82) is 0 Å². The molecule has 2 aromatic carbocycles. The van der Waals surface area contributed by atoms with Gasteiger partial charge in [0.25, 0.3) is 0 Å². The van der Waals surface area contributed by atoms with E-state index in [0.717, 1.165) is 11.1 Å². The Balaban J connectivity index is 2.08. The maximum atomic E-state index is 12.6. The summed E-state index contributed by atoms with van der Waals surface area (Å²) in [5.74, 6) is 0.490. The summed E-state index contributed by atoms with van der Waals surface area (Å²) >= 11 is 0. The lowest BCUT2D eigenvalue weighted by molar-refractivity contribution is 0.0596. The molecular formula is C22H26O4. The van der Waals surface area contributed by atoms with Gasteiger partial charge in [0.1, 0.15) is 12.2 Å². The standard InChI is InChI=1S/C22H26O4/c1-21(2,3)16-11-15-17(23)12-22(4,5)26-19(15)18(24)20(16)25-13-14-9-7-6-8-10-14/h6-11,24H,12-13H2,1-5H3. The molecule has 4 heteroatoms. The van der Waals surface area contributed by atoms with Crippen LogP contribution in [0.25, 0.3) is 0 Å². The van der Waals surface area contributed by atoms with Gasteiger partial charge in [0.2, 0.25) is 5.75 Å². The first-order valence-corrected chi connectivity index (χ1v) is 8.88. The van der Waals surface area contributed by atoms with Crippen molar-refractivity contribution < 1.29 is 19.4 Å². The zero-order valence-electron chi connectivity index (χ0n) is 16.1. The fraction of sp³-hybridized carbons (Fsp3) is 0.409. The summed E-state index contributed by atoms with van der Waals surface area (Å²) < 4.78 is 11.9. The molecular weight excluding hydrogens is 328 g/mol. The summed E-state index contributed by atoms with van der Waals surface area (Å²) in [5, 5.41) is 10.9. The summed E-state index contributed by atoms with van der Waals surface area (Å²) in [6.07, 6.45) is 0.285. The molecule has 0 aromatic heterocycles. The summed E-state index contributed by atoms with van der Waals surface area (Å²) in [4.78, 5) is 12.6. The van der Waals surface area contributed by atoms with Gasteiger partial charge >= 0.3 is 0 Å². The predicted molar refractivity (Wildman–Crippen MR) is 101 cm³/mol. The van der Waals surface area contributed by atoms with E-state index in [4.69, 9.17) is 9.47 Å². The Labute approximate surface area is 154 Å². The second-order valence-corrected chi connectivity index (χ2v) is 8.46. The molecule has 0 atom stereocenters. The molecule has 4 nitrogen and oxygen atoms in total. The molecule has 26 heavy (non-hydrogen) atoms. The minimum atomic E-state index is -0.651. The molecule has 1 aliphatic heterocycles. The second kappa shape index (κ2) is 6.35. The fourth-order valence-corrected chi connectivity index (χ4v) is 3.17. The average Bonchev–Trinajstić information content (AvgIpc) is 2.53. The van der Waals surface area contributed by atoms with E-state index in [9.17, 15) is 9.90 Å². The molecule has 0 saturated carbocycles. The van der Waals surface area contributed by atoms with Crippen LogP contribution in [-0.4, -0.2) is 16.5 Å². The van der Waals surface area contributed by atoms with Gasteiger partial charge in [-0.2, -0.15) is 0 Å². The Morgan fingerprint density at radius 3 is 2.46 bits per heavy atom. The third kappa shape index (κ3) is 3.55. The second-order valence-electron chi connectivity index (χ2n) is 8.46. The molecule has 0 saturated heterocycles. The van der Waals surface area contributed by atoms with Crippen LogP contribution >= 0.6 is 0 Å². The molecule has 0 fully saturated rings. The van der Waals surface area contributed by atoms with Gasteiger partial charge in [-0.05, 0) is 30.9 Å². The van der Waals surface area contributed by atoms with Crippen LogP contribution in [0.4, 0.5) is 0 Å². The van der Waals surface area contributed by atoms with Crippen molar-refractivity contribution in [3.63, 3.8) is 0 Å². The first kappa shape index (κ1) is 18.3. The minimum absolute atomic E-state index is 0.0216. The lowest BCUT2D eigenvalue weighted by atomic mass is 9.82. The largest absolute Gasteiger partial charge is 0.502 e. The molecule has 1 N–H and O–H groups in total. The van der Waals surface area contributed by atoms with E-state index in [1.165, 1.54) is 0 Å². The van der Waals surface area contributed by atoms with Crippen molar-refractivity contribution in [2.75, 3.05) is 0 Å². The lowest BCUT2D eigenvalue weighted by Gasteiger charge is -2.34. The Kier molecular flexibility index (Phi) is 4.47. The Bertz CT molecular complexity index is 829. The smallest absolute Gasteiger partial charge is 0.201 e. The Hall–Kier alpha value is -2.49. The first-order valence-electron chi connectivity index (χ1n) is 8.88. The number of fused-ring (bicyclic) bond motifs is 1. The minimum Gasteiger partial charge on any atom is -0.502 e. The summed E-state index contributed by atoms with van der Waals surface area (Å²) in [6, 6.07) is 11.6. The third-order valence-corrected chi connectivity index (χ3v) is 4.51. The van der Waals surface area contributed by atoms with Crippen molar-refractivity contribution in [2.45, 2.75) is 58.7 Å². The van der Waals surface area contributed by atoms with Gasteiger partial charge in [0.05, 0.1) is 12.0 Å². The van der Waals surface area contributed by atoms with E-state index in [1.807, 2.05) is 71.0 Å². The molecule has 3 rings (SSSR count). The highest BCUT2D eigenvalue weighted by Gasteiger charge is 2.37. The summed E-state index contributed by atoms with van der Waals surface area (Å²) in [7, 11) is 0. The molecule has 0 aliphatic carbocycles. The molecule has 0 spiro atoms. The number of benzene rings is 2. The number of rotatable bonds is 3. The van der Waals surface area contributed by atoms with Crippen LogP contribution in [0.5, 0.6) is 17.2 Å². The number of ether oxygens (including phenoxy) is 2. The van der Waals surface area contributed by atoms with Crippen molar-refractivity contribution in [3.8, 4) is 17.2 Å². The van der Waals surface area contributed by atoms with Gasteiger partial charge in [0.15, 0.2) is 17.3 Å². The van der Waals surface area contributed by atoms with Gasteiger partial charge in [-0.1, -0.05) is 51.1 Å². The number of phenolic OH excluding ortho intramolecular Hbond substituents is 1. The topological polar surface area (TPSA) is 55.8 Å². The SMILES string of the molecule is CC1(C)CC(=O)c2cc(C(C)(C)C)c(OCc3ccccc3)c(O)c2O1. The van der Waals surface area contributed by atoms with Gasteiger partial charge in [0, 0.05) is 5.56 Å². The fourth-order valence-electron chi connectivity index (χ4n) is 3.17. The number of hydrogen-bond acceptors (Lipinski definition) is 4. The van der Waals surface area contributed by atoms with E-state index in [2.05, 4.69) is 0 Å². The molecule has 1 aliphatic rings. The van der Waals surface area contributed by atoms with Crippen molar-refractivity contribution >= 4 is 5.78 Å². The van der Waals surface area contributed by atoms with Crippen LogP contribution in [0.1, 0.15) is 62.5 Å². The van der Waals surface area contributed by atoms with Crippen molar-refractivity contribution in [1.82, 2.24) is 0 Å². The van der Waals surface area contributed by atoms with Gasteiger partial charge in [-0.3, -0.25) is 4.79 Å². The molecule has 0 radical (unpaired) electrons. The van der Waals surface area contributed by atoms with Crippen LogP contribution in [0.15, 0.2) is 36.4 Å². The van der Waals surface area contributed by atoms with E-state index < -0.39 is 5.60 Å². The van der Waals surface area contributed by atoms with Gasteiger partial charge in [-0.25, -0.2) is 0 Å². The molecule has 0 bridgehead atoms. The van der Waals surface area contributed by atoms with Crippen molar-refractivity contribution in [3.05, 3.63) is 53.1 Å². The monoisotopic (exact) mass is 354 g/mol. The molecule has 138 valence electrons. The zero-order chi connectivity index (χ0) is 19.1. The normalized spacial score (nSPS) is 16.0. The van der Waals surface area contributed by atoms with Gasteiger partial charge in [-0.15, -0.1) is 0 Å². The van der Waals surface area contributed by atoms with Gasteiger partial charge < -0.3 is 14.6 Å². The van der Waals surface area contributed by atoms with E-state index in [0.29, 0.717) is 17.9 Å². The van der Waals surface area contributed by atoms with Crippen molar-refractivity contribution in [2.24, 2.45) is 0 Å². The van der Waals surface area contributed by atoms with E-state index in [1.54, 1.807) is 0 Å². The average molecular weight is 354 g/mol. The number of carbonyl (C=O) groups is 1. The zero-order valence-corrected chi connectivity index (χ0v) is 16.1. The predicted octanol–water partition coefficient (Wildman–Crippen LogP) is 5.01. The number of phenols is 1. The van der Waals surface area contributed by atoms with Crippen LogP contribution in [0.2, 0.25) is 0 Å². The van der Waals surface area contributed by atoms with Crippen LogP contribution in [0.3, 0.4) is 0 Å². The number of aromatic hydroxyl groups is 1. The first-order chi connectivity index (χ1) is 12.1. The molecule has 1 heterocycles. The van der Waals surface area contributed by atoms with E-state index in [-0.39, 0.29) is 29.1 Å². The maximum absolute atomic E-state index is 12.6.